The van der Waals surface area contributed by atoms with Gasteiger partial charge in [0.05, 0.1) is 6.33 Å². The fourth-order valence-electron chi connectivity index (χ4n) is 1.56. The van der Waals surface area contributed by atoms with Crippen LogP contribution >= 0.6 is 0 Å². The fraction of sp³-hybridized carbons (Fsp3) is 0.455. The summed E-state index contributed by atoms with van der Waals surface area (Å²) in [6.07, 6.45) is 2.92. The molecular weight excluding hydrogens is 232 g/mol. The van der Waals surface area contributed by atoms with Crippen molar-refractivity contribution < 1.29 is 4.79 Å². The van der Waals surface area contributed by atoms with Gasteiger partial charge in [-0.05, 0) is 13.8 Å². The lowest BCUT2D eigenvalue weighted by Gasteiger charge is -2.21. The largest absolute Gasteiger partial charge is 0.382 e. The topological polar surface area (TPSA) is 89.9 Å². The summed E-state index contributed by atoms with van der Waals surface area (Å²) >= 11 is 0. The normalized spacial score (nSPS) is 11.1. The Morgan fingerprint density at radius 3 is 2.83 bits per heavy atom. The van der Waals surface area contributed by atoms with Crippen LogP contribution in [0, 0.1) is 0 Å². The molecule has 18 heavy (non-hydrogen) atoms. The average Bonchev–Trinajstić information content (AvgIpc) is 2.73. The Bertz CT molecular complexity index is 576. The quantitative estimate of drug-likeness (QED) is 0.842. The van der Waals surface area contributed by atoms with Gasteiger partial charge in [0.15, 0.2) is 11.5 Å². The summed E-state index contributed by atoms with van der Waals surface area (Å²) in [6.45, 7) is 4.12. The summed E-state index contributed by atoms with van der Waals surface area (Å²) in [6, 6.07) is 0.159. The molecule has 96 valence electrons. The summed E-state index contributed by atoms with van der Waals surface area (Å²) in [4.78, 5) is 25.7. The zero-order chi connectivity index (χ0) is 13.3. The van der Waals surface area contributed by atoms with Crippen molar-refractivity contribution in [1.29, 1.82) is 0 Å². The Morgan fingerprint density at radius 1 is 1.44 bits per heavy atom. The SMILES string of the molecule is CC(C)N(C)C(=O)Cn1cnc2c(N)ncnc21. The van der Waals surface area contributed by atoms with Gasteiger partial charge < -0.3 is 15.2 Å². The number of hydrogen-bond donors (Lipinski definition) is 1. The number of carbonyl (C=O) groups excluding carboxylic acids is 1. The number of amides is 1. The molecule has 0 saturated heterocycles. The Morgan fingerprint density at radius 2 is 2.17 bits per heavy atom. The third-order valence-electron chi connectivity index (χ3n) is 2.90. The summed E-state index contributed by atoms with van der Waals surface area (Å²) in [5, 5.41) is 0. The highest BCUT2D eigenvalue weighted by atomic mass is 16.2. The van der Waals surface area contributed by atoms with Crippen LogP contribution < -0.4 is 5.73 Å². The first-order valence-corrected chi connectivity index (χ1v) is 5.67. The first-order valence-electron chi connectivity index (χ1n) is 5.67. The molecule has 2 rings (SSSR count). The highest BCUT2D eigenvalue weighted by Crippen LogP contribution is 2.14. The van der Waals surface area contributed by atoms with Gasteiger partial charge in [-0.2, -0.15) is 0 Å². The monoisotopic (exact) mass is 248 g/mol. The summed E-state index contributed by atoms with van der Waals surface area (Å²) in [7, 11) is 1.77. The molecule has 0 aliphatic carbocycles. The smallest absolute Gasteiger partial charge is 0.242 e. The molecule has 0 bridgehead atoms. The van der Waals surface area contributed by atoms with E-state index in [0.29, 0.717) is 17.0 Å². The molecule has 0 atom stereocenters. The lowest BCUT2D eigenvalue weighted by atomic mass is 10.3. The second-order valence-corrected chi connectivity index (χ2v) is 4.40. The number of likely N-dealkylation sites (N-methyl/N-ethyl adjacent to an activating group) is 1. The average molecular weight is 248 g/mol. The standard InChI is InChI=1S/C11H16N6O/c1-7(2)16(3)8(18)4-17-6-15-9-10(12)13-5-14-11(9)17/h5-7H,4H2,1-3H3,(H2,12,13,14). The third kappa shape index (κ3) is 2.11. The van der Waals surface area contributed by atoms with Gasteiger partial charge in [-0.15, -0.1) is 0 Å². The van der Waals surface area contributed by atoms with Gasteiger partial charge in [0, 0.05) is 13.1 Å². The van der Waals surface area contributed by atoms with E-state index in [0.717, 1.165) is 0 Å². The zero-order valence-electron chi connectivity index (χ0n) is 10.7. The number of imidazole rings is 1. The van der Waals surface area contributed by atoms with Gasteiger partial charge in [-0.1, -0.05) is 0 Å². The van der Waals surface area contributed by atoms with E-state index in [2.05, 4.69) is 15.0 Å². The van der Waals surface area contributed by atoms with Gasteiger partial charge >= 0.3 is 0 Å². The molecule has 2 aromatic rings. The number of aromatic nitrogens is 4. The maximum absolute atomic E-state index is 12.0. The summed E-state index contributed by atoms with van der Waals surface area (Å²) < 4.78 is 1.68. The number of fused-ring (bicyclic) bond motifs is 1. The predicted molar refractivity (Wildman–Crippen MR) is 67.6 cm³/mol. The molecule has 0 radical (unpaired) electrons. The molecule has 0 saturated carbocycles. The van der Waals surface area contributed by atoms with Crippen molar-refractivity contribution in [2.75, 3.05) is 12.8 Å². The van der Waals surface area contributed by atoms with Crippen LogP contribution in [-0.2, 0) is 11.3 Å². The maximum atomic E-state index is 12.0. The van der Waals surface area contributed by atoms with Gasteiger partial charge in [0.25, 0.3) is 0 Å². The van der Waals surface area contributed by atoms with E-state index < -0.39 is 0 Å². The molecule has 2 heterocycles. The second kappa shape index (κ2) is 4.59. The van der Waals surface area contributed by atoms with E-state index in [1.165, 1.54) is 6.33 Å². The Hall–Kier alpha value is -2.18. The Labute approximate surface area is 105 Å². The van der Waals surface area contributed by atoms with Crippen molar-refractivity contribution in [3.8, 4) is 0 Å². The predicted octanol–water partition coefficient (Wildman–Crippen LogP) is 0.275. The van der Waals surface area contributed by atoms with Gasteiger partial charge in [0.2, 0.25) is 5.91 Å². The minimum atomic E-state index is 0.00137. The molecule has 7 nitrogen and oxygen atoms in total. The van der Waals surface area contributed by atoms with E-state index in [9.17, 15) is 4.79 Å². The third-order valence-corrected chi connectivity index (χ3v) is 2.90. The number of anilines is 1. The number of carbonyl (C=O) groups is 1. The van der Waals surface area contributed by atoms with E-state index in [1.54, 1.807) is 22.8 Å². The molecule has 7 heteroatoms. The van der Waals surface area contributed by atoms with Crippen molar-refractivity contribution in [2.24, 2.45) is 0 Å². The van der Waals surface area contributed by atoms with Crippen LogP contribution in [0.1, 0.15) is 13.8 Å². The van der Waals surface area contributed by atoms with Gasteiger partial charge in [-0.25, -0.2) is 15.0 Å². The van der Waals surface area contributed by atoms with Crippen LogP contribution in [0.3, 0.4) is 0 Å². The molecule has 1 amide bonds. The summed E-state index contributed by atoms with van der Waals surface area (Å²) in [5.74, 6) is 0.324. The Balaban J connectivity index is 2.28. The van der Waals surface area contributed by atoms with Crippen LogP contribution in [0.25, 0.3) is 11.2 Å². The molecule has 0 fully saturated rings. The van der Waals surface area contributed by atoms with Crippen LogP contribution in [0.2, 0.25) is 0 Å². The first-order chi connectivity index (χ1) is 8.50. The number of nitrogens with two attached hydrogens (primary N) is 1. The Kier molecular flexibility index (Phi) is 3.14. The van der Waals surface area contributed by atoms with Crippen molar-refractivity contribution in [3.05, 3.63) is 12.7 Å². The van der Waals surface area contributed by atoms with Crippen LogP contribution in [0.5, 0.6) is 0 Å². The van der Waals surface area contributed by atoms with Crippen molar-refractivity contribution in [1.82, 2.24) is 24.4 Å². The van der Waals surface area contributed by atoms with Gasteiger partial charge in [-0.3, -0.25) is 4.79 Å². The van der Waals surface area contributed by atoms with Crippen LogP contribution in [0.15, 0.2) is 12.7 Å². The highest BCUT2D eigenvalue weighted by Gasteiger charge is 2.15. The first kappa shape index (κ1) is 12.3. The summed E-state index contributed by atoms with van der Waals surface area (Å²) in [5.41, 5.74) is 6.79. The highest BCUT2D eigenvalue weighted by molar-refractivity contribution is 5.83. The molecule has 0 spiro atoms. The lowest BCUT2D eigenvalue weighted by Crippen LogP contribution is -2.35. The van der Waals surface area contributed by atoms with E-state index in [4.69, 9.17) is 5.73 Å². The molecule has 0 aliphatic rings. The van der Waals surface area contributed by atoms with Crippen LogP contribution in [-0.4, -0.2) is 43.4 Å². The van der Waals surface area contributed by atoms with E-state index >= 15 is 0 Å². The van der Waals surface area contributed by atoms with Crippen molar-refractivity contribution in [3.63, 3.8) is 0 Å². The molecule has 2 N–H and O–H groups in total. The molecule has 2 aromatic heterocycles. The van der Waals surface area contributed by atoms with E-state index in [1.807, 2.05) is 13.8 Å². The zero-order valence-corrected chi connectivity index (χ0v) is 10.7. The molecule has 0 aliphatic heterocycles. The number of hydrogen-bond acceptors (Lipinski definition) is 5. The van der Waals surface area contributed by atoms with Crippen molar-refractivity contribution >= 4 is 22.9 Å². The van der Waals surface area contributed by atoms with Crippen molar-refractivity contribution in [2.45, 2.75) is 26.4 Å². The maximum Gasteiger partial charge on any atom is 0.242 e. The van der Waals surface area contributed by atoms with E-state index in [-0.39, 0.29) is 18.5 Å². The minimum Gasteiger partial charge on any atom is -0.382 e. The lowest BCUT2D eigenvalue weighted by molar-refractivity contribution is -0.131. The number of nitrogen functional groups attached to an aromatic ring is 1. The molecule has 0 aromatic carbocycles. The van der Waals surface area contributed by atoms with Crippen LogP contribution in [0.4, 0.5) is 5.82 Å². The fourth-order valence-corrected chi connectivity index (χ4v) is 1.56. The molecule has 0 unspecified atom stereocenters. The molecular formula is C11H16N6O. The van der Waals surface area contributed by atoms with Gasteiger partial charge in [0.1, 0.15) is 18.4 Å². The number of nitrogens with zero attached hydrogens (tertiary/aromatic N) is 5. The number of rotatable bonds is 3. The minimum absolute atomic E-state index is 0.00137. The second-order valence-electron chi connectivity index (χ2n) is 4.40.